The summed E-state index contributed by atoms with van der Waals surface area (Å²) in [6, 6.07) is 22.2. The quantitative estimate of drug-likeness (QED) is 0.381. The maximum atomic E-state index is 14.7. The van der Waals surface area contributed by atoms with Gasteiger partial charge in [0.15, 0.2) is 17.0 Å². The fraction of sp³-hybridized carbons (Fsp3) is 0.222. The van der Waals surface area contributed by atoms with Gasteiger partial charge in [-0.05, 0) is 60.2 Å². The molecule has 0 atom stereocenters. The van der Waals surface area contributed by atoms with E-state index in [0.717, 1.165) is 35.4 Å². The van der Waals surface area contributed by atoms with Crippen LogP contribution in [0.25, 0.3) is 22.2 Å². The zero-order valence-electron chi connectivity index (χ0n) is 17.9. The molecule has 5 heteroatoms. The Bertz CT molecular complexity index is 1310. The first kappa shape index (κ1) is 20.3. The minimum atomic E-state index is -0.501. The van der Waals surface area contributed by atoms with Crippen LogP contribution in [0.5, 0.6) is 11.5 Å². The number of pyridine rings is 1. The average molecular weight is 429 g/mol. The zero-order chi connectivity index (χ0) is 22.1. The van der Waals surface area contributed by atoms with Crippen LogP contribution in [-0.4, -0.2) is 18.3 Å². The van der Waals surface area contributed by atoms with E-state index < -0.39 is 5.82 Å². The first-order valence-electron chi connectivity index (χ1n) is 10.8. The van der Waals surface area contributed by atoms with E-state index in [1.165, 1.54) is 6.07 Å². The lowest BCUT2D eigenvalue weighted by atomic mass is 10.1. The van der Waals surface area contributed by atoms with Crippen molar-refractivity contribution in [3.63, 3.8) is 0 Å². The standard InChI is InChI=1S/C27H24FNO3/c1-31-21-11-9-20(10-12-21)24-14-26(30)22-13-23(28)27(32-17-19-7-8-19)15-25(22)29(24)16-18-5-3-2-4-6-18/h2-6,9-15,19H,7-8,16-17H2,1H3. The Balaban J connectivity index is 1.70. The predicted octanol–water partition coefficient (Wildman–Crippen LogP) is 5.65. The summed E-state index contributed by atoms with van der Waals surface area (Å²) in [7, 11) is 1.62. The summed E-state index contributed by atoms with van der Waals surface area (Å²) in [5.74, 6) is 0.933. The van der Waals surface area contributed by atoms with Crippen LogP contribution in [0.3, 0.4) is 0 Å². The number of hydrogen-bond acceptors (Lipinski definition) is 3. The molecule has 0 aliphatic heterocycles. The van der Waals surface area contributed by atoms with Gasteiger partial charge < -0.3 is 14.0 Å². The second kappa shape index (κ2) is 8.50. The lowest BCUT2D eigenvalue weighted by Gasteiger charge is -2.19. The maximum absolute atomic E-state index is 14.7. The van der Waals surface area contributed by atoms with Crippen molar-refractivity contribution in [1.82, 2.24) is 4.57 Å². The molecule has 0 N–H and O–H groups in total. The number of nitrogens with zero attached hydrogens (tertiary/aromatic N) is 1. The molecule has 1 saturated carbocycles. The highest BCUT2D eigenvalue weighted by Crippen LogP contribution is 2.32. The molecule has 0 saturated heterocycles. The van der Waals surface area contributed by atoms with Gasteiger partial charge in [-0.3, -0.25) is 4.79 Å². The van der Waals surface area contributed by atoms with Gasteiger partial charge in [-0.25, -0.2) is 4.39 Å². The van der Waals surface area contributed by atoms with E-state index >= 15 is 0 Å². The van der Waals surface area contributed by atoms with Crippen LogP contribution in [0.2, 0.25) is 0 Å². The summed E-state index contributed by atoms with van der Waals surface area (Å²) in [5.41, 5.74) is 3.15. The summed E-state index contributed by atoms with van der Waals surface area (Å²) in [5, 5.41) is 0.342. The third kappa shape index (κ3) is 4.11. The lowest BCUT2D eigenvalue weighted by Crippen LogP contribution is -2.14. The Kier molecular flexibility index (Phi) is 5.39. The lowest BCUT2D eigenvalue weighted by molar-refractivity contribution is 0.286. The van der Waals surface area contributed by atoms with Crippen LogP contribution in [0.4, 0.5) is 4.39 Å². The van der Waals surface area contributed by atoms with Crippen molar-refractivity contribution in [2.24, 2.45) is 5.92 Å². The van der Waals surface area contributed by atoms with Crippen LogP contribution >= 0.6 is 0 Å². The normalized spacial score (nSPS) is 13.3. The van der Waals surface area contributed by atoms with E-state index in [4.69, 9.17) is 9.47 Å². The van der Waals surface area contributed by atoms with Gasteiger partial charge in [-0.1, -0.05) is 30.3 Å². The summed E-state index contributed by atoms with van der Waals surface area (Å²) in [4.78, 5) is 13.0. The monoisotopic (exact) mass is 429 g/mol. The van der Waals surface area contributed by atoms with Gasteiger partial charge >= 0.3 is 0 Å². The average Bonchev–Trinajstić information content (AvgIpc) is 3.65. The molecule has 5 rings (SSSR count). The van der Waals surface area contributed by atoms with E-state index in [1.54, 1.807) is 19.2 Å². The number of benzene rings is 3. The summed E-state index contributed by atoms with van der Waals surface area (Å²) in [6.45, 7) is 1.04. The van der Waals surface area contributed by atoms with Crippen LogP contribution < -0.4 is 14.9 Å². The largest absolute Gasteiger partial charge is 0.497 e. The molecule has 1 aliphatic carbocycles. The number of rotatable bonds is 7. The van der Waals surface area contributed by atoms with E-state index in [0.29, 0.717) is 30.0 Å². The van der Waals surface area contributed by atoms with Gasteiger partial charge in [-0.15, -0.1) is 0 Å². The number of fused-ring (bicyclic) bond motifs is 1. The Labute approximate surface area is 185 Å². The Morgan fingerprint density at radius 2 is 1.75 bits per heavy atom. The third-order valence-electron chi connectivity index (χ3n) is 5.91. The highest BCUT2D eigenvalue weighted by molar-refractivity contribution is 5.84. The number of halogens is 1. The van der Waals surface area contributed by atoms with Crippen molar-refractivity contribution in [3.05, 3.63) is 94.4 Å². The molecule has 162 valence electrons. The molecule has 1 aromatic heterocycles. The second-order valence-electron chi connectivity index (χ2n) is 8.25. The summed E-state index contributed by atoms with van der Waals surface area (Å²) in [6.07, 6.45) is 2.24. The summed E-state index contributed by atoms with van der Waals surface area (Å²) < 4.78 is 27.9. The van der Waals surface area contributed by atoms with Crippen LogP contribution in [-0.2, 0) is 6.54 Å². The van der Waals surface area contributed by atoms with Gasteiger partial charge in [0.2, 0.25) is 0 Å². The molecule has 0 bridgehead atoms. The van der Waals surface area contributed by atoms with Gasteiger partial charge in [0.25, 0.3) is 0 Å². The molecule has 1 aliphatic rings. The molecular weight excluding hydrogens is 405 g/mol. The van der Waals surface area contributed by atoms with E-state index in [1.807, 2.05) is 54.6 Å². The van der Waals surface area contributed by atoms with Crippen LogP contribution in [0.15, 0.2) is 77.6 Å². The van der Waals surface area contributed by atoms with Crippen molar-refractivity contribution in [2.75, 3.05) is 13.7 Å². The molecular formula is C27H24FNO3. The van der Waals surface area contributed by atoms with Crippen molar-refractivity contribution >= 4 is 10.9 Å². The predicted molar refractivity (Wildman–Crippen MR) is 124 cm³/mol. The molecule has 4 aromatic rings. The topological polar surface area (TPSA) is 40.5 Å². The van der Waals surface area contributed by atoms with E-state index in [9.17, 15) is 9.18 Å². The molecule has 0 radical (unpaired) electrons. The van der Waals surface area contributed by atoms with Crippen molar-refractivity contribution in [2.45, 2.75) is 19.4 Å². The molecule has 32 heavy (non-hydrogen) atoms. The van der Waals surface area contributed by atoms with Gasteiger partial charge in [0.05, 0.1) is 24.9 Å². The number of methoxy groups -OCH3 is 1. The Morgan fingerprint density at radius 3 is 2.44 bits per heavy atom. The second-order valence-corrected chi connectivity index (χ2v) is 8.25. The van der Waals surface area contributed by atoms with Gasteiger partial charge in [0.1, 0.15) is 5.75 Å². The number of hydrogen-bond donors (Lipinski definition) is 0. The molecule has 0 unspecified atom stereocenters. The van der Waals surface area contributed by atoms with E-state index in [2.05, 4.69) is 4.57 Å². The smallest absolute Gasteiger partial charge is 0.190 e. The Morgan fingerprint density at radius 1 is 1.00 bits per heavy atom. The molecule has 4 nitrogen and oxygen atoms in total. The third-order valence-corrected chi connectivity index (χ3v) is 5.91. The molecule has 0 spiro atoms. The van der Waals surface area contributed by atoms with E-state index in [-0.39, 0.29) is 11.2 Å². The van der Waals surface area contributed by atoms with Crippen molar-refractivity contribution in [3.8, 4) is 22.8 Å². The minimum absolute atomic E-state index is 0.192. The molecule has 1 heterocycles. The SMILES string of the molecule is COc1ccc(-c2cc(=O)c3cc(F)c(OCC4CC4)cc3n2Cc2ccccc2)cc1. The minimum Gasteiger partial charge on any atom is -0.497 e. The maximum Gasteiger partial charge on any atom is 0.190 e. The fourth-order valence-corrected chi connectivity index (χ4v) is 3.91. The van der Waals surface area contributed by atoms with Crippen LogP contribution in [0, 0.1) is 11.7 Å². The fourth-order valence-electron chi connectivity index (χ4n) is 3.91. The first-order valence-corrected chi connectivity index (χ1v) is 10.8. The number of aromatic nitrogens is 1. The number of ether oxygens (including phenoxy) is 2. The molecule has 1 fully saturated rings. The Hall–Kier alpha value is -3.60. The molecule has 0 amide bonds. The zero-order valence-corrected chi connectivity index (χ0v) is 17.9. The van der Waals surface area contributed by atoms with Gasteiger partial charge in [0, 0.05) is 24.1 Å². The first-order chi connectivity index (χ1) is 15.6. The highest BCUT2D eigenvalue weighted by Gasteiger charge is 2.23. The van der Waals surface area contributed by atoms with Crippen LogP contribution in [0.1, 0.15) is 18.4 Å². The van der Waals surface area contributed by atoms with Crippen molar-refractivity contribution < 1.29 is 13.9 Å². The summed E-state index contributed by atoms with van der Waals surface area (Å²) >= 11 is 0. The highest BCUT2D eigenvalue weighted by atomic mass is 19.1. The molecule has 3 aromatic carbocycles. The van der Waals surface area contributed by atoms with Gasteiger partial charge in [-0.2, -0.15) is 0 Å². The van der Waals surface area contributed by atoms with Crippen molar-refractivity contribution in [1.29, 1.82) is 0 Å².